The number of hydrogen-bond acceptors (Lipinski definition) is 6. The van der Waals surface area contributed by atoms with Crippen molar-refractivity contribution in [2.75, 3.05) is 0 Å². The predicted octanol–water partition coefficient (Wildman–Crippen LogP) is 6.93. The summed E-state index contributed by atoms with van der Waals surface area (Å²) in [6.07, 6.45) is 1.97. The zero-order chi connectivity index (χ0) is 36.6. The molecule has 4 rings (SSSR count). The molecule has 3 aromatic carbocycles. The first-order valence-corrected chi connectivity index (χ1v) is 17.5. The molecule has 50 heavy (non-hydrogen) atoms. The topological polar surface area (TPSA) is 114 Å². The summed E-state index contributed by atoms with van der Waals surface area (Å²) in [6, 6.07) is 21.2. The molecular weight excluding hydrogens is 630 g/mol. The molecule has 3 atom stereocenters. The van der Waals surface area contributed by atoms with Crippen molar-refractivity contribution in [2.45, 2.75) is 123 Å². The number of carbonyl (C=O) groups is 4. The van der Waals surface area contributed by atoms with Crippen molar-refractivity contribution in [3.8, 4) is 0 Å². The van der Waals surface area contributed by atoms with Gasteiger partial charge in [-0.25, -0.2) is 9.59 Å². The van der Waals surface area contributed by atoms with E-state index < -0.39 is 53.2 Å². The Hall–Kier alpha value is -4.66. The molecule has 268 valence electrons. The molecule has 3 unspecified atom stereocenters. The third kappa shape index (κ3) is 10.7. The van der Waals surface area contributed by atoms with E-state index in [0.29, 0.717) is 18.4 Å². The fourth-order valence-corrected chi connectivity index (χ4v) is 6.02. The van der Waals surface area contributed by atoms with Gasteiger partial charge in [0.25, 0.3) is 0 Å². The molecule has 1 fully saturated rings. The van der Waals surface area contributed by atoms with E-state index in [-0.39, 0.29) is 18.9 Å². The van der Waals surface area contributed by atoms with Crippen LogP contribution in [0.1, 0.15) is 94.7 Å². The van der Waals surface area contributed by atoms with Crippen LogP contribution in [0.15, 0.2) is 78.9 Å². The predicted molar refractivity (Wildman–Crippen MR) is 194 cm³/mol. The number of amides is 3. The van der Waals surface area contributed by atoms with Crippen LogP contribution >= 0.6 is 0 Å². The minimum Gasteiger partial charge on any atom is -0.458 e. The van der Waals surface area contributed by atoms with Gasteiger partial charge in [0.1, 0.15) is 29.3 Å². The fraction of sp³-hybridized carbons (Fsp3) is 0.463. The zero-order valence-electron chi connectivity index (χ0n) is 30.7. The highest BCUT2D eigenvalue weighted by Gasteiger charge is 2.43. The first kappa shape index (κ1) is 38.1. The molecule has 3 amide bonds. The van der Waals surface area contributed by atoms with Crippen molar-refractivity contribution < 1.29 is 28.7 Å². The number of ether oxygens (including phenoxy) is 2. The summed E-state index contributed by atoms with van der Waals surface area (Å²) in [5.41, 5.74) is 2.60. The van der Waals surface area contributed by atoms with Gasteiger partial charge in [-0.3, -0.25) is 9.59 Å². The van der Waals surface area contributed by atoms with Crippen molar-refractivity contribution in [1.82, 2.24) is 15.5 Å². The van der Waals surface area contributed by atoms with Crippen molar-refractivity contribution in [2.24, 2.45) is 0 Å². The average molecular weight is 684 g/mol. The van der Waals surface area contributed by atoms with Gasteiger partial charge in [-0.05, 0) is 102 Å². The van der Waals surface area contributed by atoms with Gasteiger partial charge < -0.3 is 25.0 Å². The lowest BCUT2D eigenvalue weighted by molar-refractivity contribution is -0.159. The summed E-state index contributed by atoms with van der Waals surface area (Å²) in [5.74, 6) is -1.46. The second kappa shape index (κ2) is 16.4. The van der Waals surface area contributed by atoms with Crippen molar-refractivity contribution in [3.05, 3.63) is 107 Å². The van der Waals surface area contributed by atoms with Gasteiger partial charge in [0.2, 0.25) is 11.8 Å². The maximum atomic E-state index is 15.0. The average Bonchev–Trinajstić information content (AvgIpc) is 3.00. The number of alkyl carbamates (subject to hydrolysis) is 1. The first-order valence-electron chi connectivity index (χ1n) is 17.5. The van der Waals surface area contributed by atoms with Crippen molar-refractivity contribution >= 4 is 23.9 Å². The highest BCUT2D eigenvalue weighted by atomic mass is 16.6. The first-order chi connectivity index (χ1) is 23.5. The van der Waals surface area contributed by atoms with Gasteiger partial charge in [-0.15, -0.1) is 0 Å². The van der Waals surface area contributed by atoms with Crippen LogP contribution in [0.25, 0.3) is 0 Å². The number of hydrogen-bond donors (Lipinski definition) is 2. The van der Waals surface area contributed by atoms with E-state index in [0.717, 1.165) is 28.7 Å². The summed E-state index contributed by atoms with van der Waals surface area (Å²) in [5, 5.41) is 5.85. The van der Waals surface area contributed by atoms with Gasteiger partial charge in [-0.1, -0.05) is 78.9 Å². The third-order valence-corrected chi connectivity index (χ3v) is 8.75. The molecule has 1 aliphatic rings. The van der Waals surface area contributed by atoms with E-state index in [4.69, 9.17) is 9.47 Å². The van der Waals surface area contributed by atoms with Crippen LogP contribution in [0.2, 0.25) is 0 Å². The molecule has 0 bridgehead atoms. The van der Waals surface area contributed by atoms with Crippen molar-refractivity contribution in [1.29, 1.82) is 0 Å². The number of aryl methyl sites for hydroxylation is 1. The number of nitrogens with one attached hydrogen (secondary N) is 2. The molecule has 1 saturated carbocycles. The van der Waals surface area contributed by atoms with Crippen molar-refractivity contribution in [3.63, 3.8) is 0 Å². The Morgan fingerprint density at radius 2 is 1.26 bits per heavy atom. The number of carbonyl (C=O) groups excluding carboxylic acids is 4. The SMILES string of the molecule is Cc1cccc(C(C(=O)NC(Cc2ccccc2)C(=O)OC(C)(C)C)N(C(=O)C(Cc2ccccc2)NC(=O)OC(C)(C)C)C2CCC2)c1C. The van der Waals surface area contributed by atoms with E-state index in [1.165, 1.54) is 0 Å². The summed E-state index contributed by atoms with van der Waals surface area (Å²) < 4.78 is 11.4. The van der Waals surface area contributed by atoms with Crippen LogP contribution < -0.4 is 10.6 Å². The largest absolute Gasteiger partial charge is 0.458 e. The molecule has 0 heterocycles. The lowest BCUT2D eigenvalue weighted by atomic mass is 9.86. The van der Waals surface area contributed by atoms with Gasteiger partial charge in [-0.2, -0.15) is 0 Å². The van der Waals surface area contributed by atoms with Crippen LogP contribution in [-0.2, 0) is 36.7 Å². The van der Waals surface area contributed by atoms with Crippen LogP contribution in [0, 0.1) is 13.8 Å². The lowest BCUT2D eigenvalue weighted by Crippen LogP contribution is -2.59. The Morgan fingerprint density at radius 3 is 1.76 bits per heavy atom. The quantitative estimate of drug-likeness (QED) is 0.200. The third-order valence-electron chi connectivity index (χ3n) is 8.75. The standard InChI is InChI=1S/C41H53N3O6/c1-27-17-15-24-32(28(27)2)35(36(45)42-34(38(47)49-40(3,4)5)26-30-20-13-10-14-21-30)44(31-22-16-23-31)37(46)33(25-29-18-11-9-12-19-29)43-39(48)50-41(6,7)8/h9-15,17-21,24,31,33-35H,16,22-23,25-26H2,1-8H3,(H,42,45)(H,43,48). The molecule has 0 radical (unpaired) electrons. The number of esters is 1. The van der Waals surface area contributed by atoms with Gasteiger partial charge in [0.05, 0.1) is 0 Å². The minimum absolute atomic E-state index is 0.192. The minimum atomic E-state index is -1.09. The molecule has 0 aliphatic heterocycles. The van der Waals surface area contributed by atoms with E-state index in [2.05, 4.69) is 10.6 Å². The molecule has 9 nitrogen and oxygen atoms in total. The van der Waals surface area contributed by atoms with E-state index in [9.17, 15) is 19.2 Å². The van der Waals surface area contributed by atoms with Gasteiger partial charge >= 0.3 is 12.1 Å². The Labute approximate surface area is 297 Å². The van der Waals surface area contributed by atoms with E-state index >= 15 is 0 Å². The van der Waals surface area contributed by atoms with Gasteiger partial charge in [0, 0.05) is 18.9 Å². The van der Waals surface area contributed by atoms with Crippen LogP contribution in [-0.4, -0.2) is 58.1 Å². The normalized spacial score (nSPS) is 15.1. The second-order valence-electron chi connectivity index (χ2n) is 15.2. The number of rotatable bonds is 12. The highest BCUT2D eigenvalue weighted by Crippen LogP contribution is 2.36. The molecule has 0 aromatic heterocycles. The Balaban J connectivity index is 1.79. The molecule has 2 N–H and O–H groups in total. The lowest BCUT2D eigenvalue weighted by Gasteiger charge is -2.44. The summed E-state index contributed by atoms with van der Waals surface area (Å²) in [4.78, 5) is 58.3. The van der Waals surface area contributed by atoms with Gasteiger partial charge in [0.15, 0.2) is 0 Å². The summed E-state index contributed by atoms with van der Waals surface area (Å²) >= 11 is 0. The van der Waals surface area contributed by atoms with E-state index in [1.54, 1.807) is 46.4 Å². The molecule has 0 spiro atoms. The fourth-order valence-electron chi connectivity index (χ4n) is 6.02. The molecule has 0 saturated heterocycles. The van der Waals surface area contributed by atoms with E-state index in [1.807, 2.05) is 92.7 Å². The Bertz CT molecular complexity index is 1620. The summed E-state index contributed by atoms with van der Waals surface area (Å²) in [6.45, 7) is 14.5. The Morgan fingerprint density at radius 1 is 0.720 bits per heavy atom. The molecule has 3 aromatic rings. The Kier molecular flexibility index (Phi) is 12.5. The number of benzene rings is 3. The van der Waals surface area contributed by atoms with Crippen LogP contribution in [0.4, 0.5) is 4.79 Å². The maximum Gasteiger partial charge on any atom is 0.408 e. The second-order valence-corrected chi connectivity index (χ2v) is 15.2. The maximum absolute atomic E-state index is 15.0. The number of nitrogens with zero attached hydrogens (tertiary/aromatic N) is 1. The van der Waals surface area contributed by atoms with Crippen LogP contribution in [0.3, 0.4) is 0 Å². The smallest absolute Gasteiger partial charge is 0.408 e. The zero-order valence-corrected chi connectivity index (χ0v) is 30.7. The molecule has 9 heteroatoms. The highest BCUT2D eigenvalue weighted by molar-refractivity contribution is 5.94. The van der Waals surface area contributed by atoms with Crippen LogP contribution in [0.5, 0.6) is 0 Å². The summed E-state index contributed by atoms with van der Waals surface area (Å²) in [7, 11) is 0. The monoisotopic (exact) mass is 683 g/mol. The molecular formula is C41H53N3O6. The molecule has 1 aliphatic carbocycles.